The average molecular weight is 555 g/mol. The summed E-state index contributed by atoms with van der Waals surface area (Å²) >= 11 is 6.39. The highest BCUT2D eigenvalue weighted by Gasteiger charge is 2.70. The summed E-state index contributed by atoms with van der Waals surface area (Å²) in [6.45, 7) is 0.805. The second-order valence-electron chi connectivity index (χ2n) is 10.6. The summed E-state index contributed by atoms with van der Waals surface area (Å²) in [5.74, 6) is -1.89. The molecule has 0 aliphatic carbocycles. The molecule has 200 valence electrons. The molecule has 1 spiro atoms. The quantitative estimate of drug-likeness (QED) is 0.332. The van der Waals surface area contributed by atoms with Gasteiger partial charge in [-0.15, -0.1) is 0 Å². The standard InChI is InChI=1S/C30H23ClN4O5/c31-16-5-7-21-19(12-16)30(29(38)33-21)26-25(22(34-30)11-15-14-32-20-4-2-1-3-18(15)20)27(36)35(28(26)37)17-6-8-23-24(13-17)40-10-9-39-23/h1-8,12-14,22,25-26,32,34H,9-11H2,(H,33,38)/t22-,25-,26-,30-/m0/s1. The first-order chi connectivity index (χ1) is 19.5. The number of ether oxygens (including phenoxy) is 2. The summed E-state index contributed by atoms with van der Waals surface area (Å²) in [7, 11) is 0. The van der Waals surface area contributed by atoms with Crippen LogP contribution in [0.1, 0.15) is 11.1 Å². The number of hydrogen-bond donors (Lipinski definition) is 3. The maximum atomic E-state index is 14.3. The Labute approximate surface area is 233 Å². The van der Waals surface area contributed by atoms with Crippen LogP contribution in [0.4, 0.5) is 11.4 Å². The van der Waals surface area contributed by atoms with Crippen molar-refractivity contribution in [2.75, 3.05) is 23.4 Å². The molecule has 3 N–H and O–H groups in total. The molecule has 4 atom stereocenters. The van der Waals surface area contributed by atoms with Crippen LogP contribution in [0.15, 0.2) is 66.9 Å². The minimum atomic E-state index is -1.45. The smallest absolute Gasteiger partial charge is 0.250 e. The largest absolute Gasteiger partial charge is 0.486 e. The number of anilines is 2. The molecule has 40 heavy (non-hydrogen) atoms. The van der Waals surface area contributed by atoms with Crippen LogP contribution in [0.2, 0.25) is 5.02 Å². The third-order valence-electron chi connectivity index (χ3n) is 8.58. The SMILES string of the molecule is O=C1[C@H]2[C@H](Cc3c[nH]c4ccccc34)N[C@]3(C(=O)Nc4ccc(Cl)cc43)[C@@H]2C(=O)N1c1ccc2c(c1)OCCO2. The molecule has 0 bridgehead atoms. The number of fused-ring (bicyclic) bond motifs is 6. The first-order valence-electron chi connectivity index (χ1n) is 13.2. The van der Waals surface area contributed by atoms with Crippen molar-refractivity contribution >= 4 is 51.6 Å². The van der Waals surface area contributed by atoms with Crippen LogP contribution in [0.5, 0.6) is 11.5 Å². The first kappa shape index (κ1) is 23.5. The molecule has 3 amide bonds. The lowest BCUT2D eigenvalue weighted by Gasteiger charge is -2.30. The predicted molar refractivity (Wildman–Crippen MR) is 148 cm³/mol. The molecule has 4 aliphatic rings. The van der Waals surface area contributed by atoms with E-state index in [1.54, 1.807) is 36.4 Å². The van der Waals surface area contributed by atoms with E-state index in [-0.39, 0.29) is 11.8 Å². The summed E-state index contributed by atoms with van der Waals surface area (Å²) in [4.78, 5) is 46.8. The fraction of sp³-hybridized carbons (Fsp3) is 0.233. The van der Waals surface area contributed by atoms with Gasteiger partial charge in [-0.2, -0.15) is 0 Å². The Hall–Kier alpha value is -4.34. The number of nitrogens with one attached hydrogen (secondary N) is 3. The molecule has 2 saturated heterocycles. The number of imide groups is 1. The van der Waals surface area contributed by atoms with Gasteiger partial charge in [0.2, 0.25) is 17.7 Å². The Morgan fingerprint density at radius 3 is 2.65 bits per heavy atom. The number of hydrogen-bond acceptors (Lipinski definition) is 6. The number of H-pyrrole nitrogens is 1. The summed E-state index contributed by atoms with van der Waals surface area (Å²) < 4.78 is 11.4. The van der Waals surface area contributed by atoms with Gasteiger partial charge in [-0.05, 0) is 48.4 Å². The van der Waals surface area contributed by atoms with Gasteiger partial charge in [0, 0.05) is 45.5 Å². The van der Waals surface area contributed by atoms with Gasteiger partial charge >= 0.3 is 0 Å². The van der Waals surface area contributed by atoms with E-state index < -0.39 is 29.3 Å². The normalized spacial score (nSPS) is 26.5. The summed E-state index contributed by atoms with van der Waals surface area (Å²) in [6.07, 6.45) is 2.36. The van der Waals surface area contributed by atoms with E-state index in [1.807, 2.05) is 30.5 Å². The Morgan fingerprint density at radius 1 is 0.950 bits per heavy atom. The lowest BCUT2D eigenvalue weighted by atomic mass is 9.76. The van der Waals surface area contributed by atoms with E-state index >= 15 is 0 Å². The number of amides is 3. The number of benzene rings is 3. The number of halogens is 1. The first-order valence-corrected chi connectivity index (χ1v) is 13.5. The van der Waals surface area contributed by atoms with Crippen LogP contribution in [0, 0.1) is 11.8 Å². The summed E-state index contributed by atoms with van der Waals surface area (Å²) in [5, 5.41) is 7.88. The zero-order chi connectivity index (χ0) is 27.2. The molecular weight excluding hydrogens is 532 g/mol. The van der Waals surface area contributed by atoms with Crippen LogP contribution >= 0.6 is 11.6 Å². The Morgan fingerprint density at radius 2 is 1.77 bits per heavy atom. The molecule has 0 unspecified atom stereocenters. The monoisotopic (exact) mass is 554 g/mol. The van der Waals surface area contributed by atoms with Crippen LogP contribution in [0.25, 0.3) is 10.9 Å². The molecule has 8 rings (SSSR count). The number of rotatable bonds is 3. The van der Waals surface area contributed by atoms with Crippen LogP contribution in [0.3, 0.4) is 0 Å². The maximum Gasteiger partial charge on any atom is 0.250 e. The minimum Gasteiger partial charge on any atom is -0.486 e. The third-order valence-corrected chi connectivity index (χ3v) is 8.81. The van der Waals surface area contributed by atoms with Gasteiger partial charge in [-0.3, -0.25) is 19.7 Å². The van der Waals surface area contributed by atoms with E-state index in [9.17, 15) is 14.4 Å². The second-order valence-corrected chi connectivity index (χ2v) is 11.0. The number of carbonyl (C=O) groups is 3. The van der Waals surface area contributed by atoms with Crippen molar-refractivity contribution in [3.8, 4) is 11.5 Å². The van der Waals surface area contributed by atoms with E-state index in [4.69, 9.17) is 21.1 Å². The van der Waals surface area contributed by atoms with E-state index in [0.29, 0.717) is 53.1 Å². The minimum absolute atomic E-state index is 0.357. The number of aromatic nitrogens is 1. The molecule has 10 heteroatoms. The fourth-order valence-electron chi connectivity index (χ4n) is 6.91. The summed E-state index contributed by atoms with van der Waals surface area (Å²) in [5.41, 5.74) is 2.06. The molecule has 0 saturated carbocycles. The van der Waals surface area contributed by atoms with Gasteiger partial charge in [0.15, 0.2) is 11.5 Å². The highest BCUT2D eigenvalue weighted by molar-refractivity contribution is 6.31. The van der Waals surface area contributed by atoms with Crippen LogP contribution < -0.4 is 25.0 Å². The third kappa shape index (κ3) is 3.10. The Balaban J connectivity index is 1.27. The van der Waals surface area contributed by atoms with E-state index in [0.717, 1.165) is 16.5 Å². The van der Waals surface area contributed by atoms with Crippen molar-refractivity contribution in [2.45, 2.75) is 18.0 Å². The van der Waals surface area contributed by atoms with Crippen molar-refractivity contribution in [2.24, 2.45) is 11.8 Å². The number of carbonyl (C=O) groups excluding carboxylic acids is 3. The van der Waals surface area contributed by atoms with Crippen molar-refractivity contribution in [1.82, 2.24) is 10.3 Å². The van der Waals surface area contributed by atoms with Gasteiger partial charge in [-0.25, -0.2) is 4.90 Å². The highest BCUT2D eigenvalue weighted by Crippen LogP contribution is 2.54. The lowest BCUT2D eigenvalue weighted by molar-refractivity contribution is -0.130. The molecule has 1 aromatic heterocycles. The van der Waals surface area contributed by atoms with Crippen molar-refractivity contribution in [3.63, 3.8) is 0 Å². The van der Waals surface area contributed by atoms with Crippen molar-refractivity contribution < 1.29 is 23.9 Å². The average Bonchev–Trinajstić information content (AvgIpc) is 3.67. The second kappa shape index (κ2) is 8.33. The summed E-state index contributed by atoms with van der Waals surface area (Å²) in [6, 6.07) is 17.6. The molecule has 4 aliphatic heterocycles. The topological polar surface area (TPSA) is 113 Å². The lowest BCUT2D eigenvalue weighted by Crippen LogP contribution is -2.53. The van der Waals surface area contributed by atoms with Crippen LogP contribution in [-0.2, 0) is 26.3 Å². The number of aromatic amines is 1. The van der Waals surface area contributed by atoms with Gasteiger partial charge in [-0.1, -0.05) is 29.8 Å². The molecule has 2 fully saturated rings. The van der Waals surface area contributed by atoms with E-state index in [2.05, 4.69) is 15.6 Å². The zero-order valence-electron chi connectivity index (χ0n) is 21.1. The number of para-hydroxylation sites is 1. The van der Waals surface area contributed by atoms with Crippen LogP contribution in [-0.4, -0.2) is 42.0 Å². The molecule has 4 aromatic rings. The van der Waals surface area contributed by atoms with Crippen molar-refractivity contribution in [3.05, 3.63) is 83.0 Å². The van der Waals surface area contributed by atoms with Gasteiger partial charge in [0.25, 0.3) is 0 Å². The Bertz CT molecular complexity index is 1770. The molecular formula is C30H23ClN4O5. The van der Waals surface area contributed by atoms with Crippen molar-refractivity contribution in [1.29, 1.82) is 0 Å². The van der Waals surface area contributed by atoms with Gasteiger partial charge in [0.1, 0.15) is 18.8 Å². The van der Waals surface area contributed by atoms with E-state index in [1.165, 1.54) is 4.90 Å². The zero-order valence-corrected chi connectivity index (χ0v) is 21.8. The predicted octanol–water partition coefficient (Wildman–Crippen LogP) is 3.76. The maximum absolute atomic E-state index is 14.3. The molecule has 3 aromatic carbocycles. The van der Waals surface area contributed by atoms with Gasteiger partial charge in [0.05, 0.1) is 17.5 Å². The number of nitrogens with zero attached hydrogens (tertiary/aromatic N) is 1. The molecule has 0 radical (unpaired) electrons. The highest BCUT2D eigenvalue weighted by atomic mass is 35.5. The van der Waals surface area contributed by atoms with Gasteiger partial charge < -0.3 is 19.8 Å². The molecule has 9 nitrogen and oxygen atoms in total. The molecule has 5 heterocycles. The Kier molecular flexibility index (Phi) is 4.90. The fourth-order valence-corrected chi connectivity index (χ4v) is 7.08.